The van der Waals surface area contributed by atoms with E-state index in [0.717, 1.165) is 23.7 Å². The van der Waals surface area contributed by atoms with Crippen LogP contribution in [0.2, 0.25) is 0 Å². The largest absolute Gasteiger partial charge is 0.375 e. The molecule has 0 spiro atoms. The minimum atomic E-state index is -0.0629. The Morgan fingerprint density at radius 1 is 1.50 bits per heavy atom. The van der Waals surface area contributed by atoms with Crippen molar-refractivity contribution < 1.29 is 4.74 Å². The third-order valence-electron chi connectivity index (χ3n) is 1.59. The fourth-order valence-corrected chi connectivity index (χ4v) is 1.98. The third-order valence-corrected chi connectivity index (χ3v) is 2.82. The molecule has 0 atom stereocenters. The first-order chi connectivity index (χ1) is 6.51. The van der Waals surface area contributed by atoms with Crippen molar-refractivity contribution in [1.82, 2.24) is 4.98 Å². The molecule has 0 amide bonds. The fraction of sp³-hybridized carbons (Fsp3) is 0.700. The molecule has 0 aliphatic rings. The second kappa shape index (κ2) is 5.10. The Kier molecular flexibility index (Phi) is 4.35. The van der Waals surface area contributed by atoms with Crippen LogP contribution in [0.15, 0.2) is 5.38 Å². The summed E-state index contributed by atoms with van der Waals surface area (Å²) >= 11 is 7.31. The van der Waals surface area contributed by atoms with Crippen molar-refractivity contribution in [2.24, 2.45) is 0 Å². The lowest BCUT2D eigenvalue weighted by Gasteiger charge is -2.18. The predicted molar refractivity (Wildman–Crippen MR) is 61.1 cm³/mol. The third kappa shape index (κ3) is 4.40. The molecule has 0 aromatic carbocycles. The molecular weight excluding hydrogens is 218 g/mol. The smallest absolute Gasteiger partial charge is 0.0951 e. The Labute approximate surface area is 94.3 Å². The number of hydrogen-bond acceptors (Lipinski definition) is 3. The number of hydrogen-bond donors (Lipinski definition) is 0. The molecule has 1 aromatic heterocycles. The maximum absolute atomic E-state index is 5.66. The zero-order valence-electron chi connectivity index (χ0n) is 8.84. The number of rotatable bonds is 4. The van der Waals surface area contributed by atoms with Gasteiger partial charge in [-0.25, -0.2) is 4.98 Å². The highest BCUT2D eigenvalue weighted by molar-refractivity contribution is 7.09. The predicted octanol–water partition coefficient (Wildman–Crippen LogP) is 3.24. The summed E-state index contributed by atoms with van der Waals surface area (Å²) in [5.41, 5.74) is 0.898. The number of halogens is 1. The quantitative estimate of drug-likeness (QED) is 0.745. The number of nitrogens with zero attached hydrogens (tertiary/aromatic N) is 1. The highest BCUT2D eigenvalue weighted by Gasteiger charge is 2.10. The van der Waals surface area contributed by atoms with Gasteiger partial charge in [0.2, 0.25) is 0 Å². The van der Waals surface area contributed by atoms with Gasteiger partial charge in [-0.3, -0.25) is 0 Å². The molecule has 0 saturated carbocycles. The van der Waals surface area contributed by atoms with E-state index in [1.807, 2.05) is 5.38 Å². The van der Waals surface area contributed by atoms with Crippen LogP contribution in [0, 0.1) is 0 Å². The lowest BCUT2D eigenvalue weighted by atomic mass is 10.2. The van der Waals surface area contributed by atoms with Gasteiger partial charge in [-0.15, -0.1) is 22.9 Å². The first-order valence-electron chi connectivity index (χ1n) is 4.64. The first kappa shape index (κ1) is 12.0. The average Bonchev–Trinajstić information content (AvgIpc) is 2.50. The molecule has 1 aromatic rings. The van der Waals surface area contributed by atoms with Crippen molar-refractivity contribution in [3.05, 3.63) is 16.1 Å². The summed E-state index contributed by atoms with van der Waals surface area (Å²) in [5.74, 6) is 0.497. The maximum Gasteiger partial charge on any atom is 0.0951 e. The Bertz CT molecular complexity index is 280. The molecule has 0 fully saturated rings. The minimum Gasteiger partial charge on any atom is -0.375 e. The van der Waals surface area contributed by atoms with Gasteiger partial charge in [0.05, 0.1) is 28.8 Å². The first-order valence-corrected chi connectivity index (χ1v) is 6.06. The van der Waals surface area contributed by atoms with Gasteiger partial charge in [0, 0.05) is 11.8 Å². The molecule has 0 unspecified atom stereocenters. The van der Waals surface area contributed by atoms with Crippen LogP contribution in [0.4, 0.5) is 0 Å². The number of ether oxygens (including phenoxy) is 1. The second-order valence-electron chi connectivity index (χ2n) is 4.08. The Morgan fingerprint density at radius 2 is 2.21 bits per heavy atom. The van der Waals surface area contributed by atoms with E-state index in [0.29, 0.717) is 5.88 Å². The van der Waals surface area contributed by atoms with Crippen LogP contribution in [0.1, 0.15) is 31.5 Å². The van der Waals surface area contributed by atoms with Gasteiger partial charge >= 0.3 is 0 Å². The standard InChI is InChI=1S/C10H16ClNOS/c1-10(2,3)13-5-4-9-12-8(6-11)7-14-9/h7H,4-6H2,1-3H3. The molecule has 0 aliphatic heterocycles. The summed E-state index contributed by atoms with van der Waals surface area (Å²) in [7, 11) is 0. The van der Waals surface area contributed by atoms with Crippen molar-refractivity contribution in [2.75, 3.05) is 6.61 Å². The number of alkyl halides is 1. The summed E-state index contributed by atoms with van der Waals surface area (Å²) in [6, 6.07) is 0. The molecular formula is C10H16ClNOS. The molecule has 0 saturated heterocycles. The van der Waals surface area contributed by atoms with Crippen LogP contribution < -0.4 is 0 Å². The Morgan fingerprint density at radius 3 is 2.71 bits per heavy atom. The second-order valence-corrected chi connectivity index (χ2v) is 5.29. The van der Waals surface area contributed by atoms with Gasteiger partial charge in [0.15, 0.2) is 0 Å². The van der Waals surface area contributed by atoms with Crippen molar-refractivity contribution in [3.8, 4) is 0 Å². The summed E-state index contributed by atoms with van der Waals surface area (Å²) < 4.78 is 5.61. The van der Waals surface area contributed by atoms with Gasteiger partial charge in [-0.1, -0.05) is 0 Å². The van der Waals surface area contributed by atoms with Gasteiger partial charge in [0.1, 0.15) is 0 Å². The highest BCUT2D eigenvalue weighted by atomic mass is 35.5. The van der Waals surface area contributed by atoms with Crippen molar-refractivity contribution in [2.45, 2.75) is 38.7 Å². The van der Waals surface area contributed by atoms with Crippen molar-refractivity contribution >= 4 is 22.9 Å². The molecule has 14 heavy (non-hydrogen) atoms. The van der Waals surface area contributed by atoms with Gasteiger partial charge in [0.25, 0.3) is 0 Å². The van der Waals surface area contributed by atoms with Crippen LogP contribution in [0.5, 0.6) is 0 Å². The van der Waals surface area contributed by atoms with Gasteiger partial charge in [-0.2, -0.15) is 0 Å². The maximum atomic E-state index is 5.66. The van der Waals surface area contributed by atoms with E-state index < -0.39 is 0 Å². The van der Waals surface area contributed by atoms with Crippen molar-refractivity contribution in [1.29, 1.82) is 0 Å². The van der Waals surface area contributed by atoms with Crippen LogP contribution >= 0.6 is 22.9 Å². The number of thiazole rings is 1. The zero-order chi connectivity index (χ0) is 10.6. The van der Waals surface area contributed by atoms with E-state index in [-0.39, 0.29) is 5.60 Å². The zero-order valence-corrected chi connectivity index (χ0v) is 10.4. The molecule has 80 valence electrons. The molecule has 1 heterocycles. The molecule has 0 aliphatic carbocycles. The molecule has 4 heteroatoms. The van der Waals surface area contributed by atoms with E-state index in [1.165, 1.54) is 0 Å². The molecule has 0 radical (unpaired) electrons. The van der Waals surface area contributed by atoms with Crippen LogP contribution in [-0.2, 0) is 17.0 Å². The van der Waals surface area contributed by atoms with E-state index >= 15 is 0 Å². The lowest BCUT2D eigenvalue weighted by Crippen LogP contribution is -2.20. The van der Waals surface area contributed by atoms with Crippen LogP contribution in [0.25, 0.3) is 0 Å². The van der Waals surface area contributed by atoms with Gasteiger partial charge < -0.3 is 4.74 Å². The van der Waals surface area contributed by atoms with Crippen LogP contribution in [-0.4, -0.2) is 17.2 Å². The lowest BCUT2D eigenvalue weighted by molar-refractivity contribution is -0.000992. The average molecular weight is 234 g/mol. The SMILES string of the molecule is CC(C)(C)OCCc1nc(CCl)cs1. The van der Waals surface area contributed by atoms with E-state index in [9.17, 15) is 0 Å². The summed E-state index contributed by atoms with van der Waals surface area (Å²) in [6.45, 7) is 6.88. The Balaban J connectivity index is 2.31. The number of aromatic nitrogens is 1. The van der Waals surface area contributed by atoms with Crippen LogP contribution in [0.3, 0.4) is 0 Å². The monoisotopic (exact) mass is 233 g/mol. The minimum absolute atomic E-state index is 0.0629. The normalized spacial score (nSPS) is 12.0. The molecule has 0 N–H and O–H groups in total. The van der Waals surface area contributed by atoms with E-state index in [1.54, 1.807) is 11.3 Å². The summed E-state index contributed by atoms with van der Waals surface area (Å²) in [4.78, 5) is 4.35. The van der Waals surface area contributed by atoms with E-state index in [2.05, 4.69) is 25.8 Å². The molecule has 2 nitrogen and oxygen atoms in total. The summed E-state index contributed by atoms with van der Waals surface area (Å²) in [5, 5.41) is 3.10. The molecule has 1 rings (SSSR count). The van der Waals surface area contributed by atoms with Gasteiger partial charge in [-0.05, 0) is 20.8 Å². The molecule has 0 bridgehead atoms. The summed E-state index contributed by atoms with van der Waals surface area (Å²) in [6.07, 6.45) is 0.874. The topological polar surface area (TPSA) is 22.1 Å². The van der Waals surface area contributed by atoms with Crippen molar-refractivity contribution in [3.63, 3.8) is 0 Å². The highest BCUT2D eigenvalue weighted by Crippen LogP contribution is 2.13. The fourth-order valence-electron chi connectivity index (χ4n) is 0.970. The Hall–Kier alpha value is -0.120. The van der Waals surface area contributed by atoms with E-state index in [4.69, 9.17) is 16.3 Å².